The Morgan fingerprint density at radius 3 is 2.64 bits per heavy atom. The maximum atomic E-state index is 12.5. The minimum Gasteiger partial charge on any atom is -0.375 e. The number of aromatic nitrogens is 2. The summed E-state index contributed by atoms with van der Waals surface area (Å²) in [5.41, 5.74) is 0.879. The highest BCUT2D eigenvalue weighted by molar-refractivity contribution is 7.05. The van der Waals surface area contributed by atoms with Gasteiger partial charge in [0.1, 0.15) is 6.61 Å². The maximum Gasteiger partial charge on any atom is 0.248 e. The molecule has 0 bridgehead atoms. The molecule has 0 N–H and O–H groups in total. The number of rotatable bonds is 5. The van der Waals surface area contributed by atoms with Crippen LogP contribution in [0.1, 0.15) is 23.4 Å². The first kappa shape index (κ1) is 16.8. The van der Waals surface area contributed by atoms with E-state index in [0.717, 1.165) is 10.6 Å². The third kappa shape index (κ3) is 4.01. The van der Waals surface area contributed by atoms with E-state index in [1.165, 1.54) is 18.6 Å². The van der Waals surface area contributed by atoms with Crippen molar-refractivity contribution in [3.05, 3.63) is 10.6 Å². The lowest BCUT2D eigenvalue weighted by Gasteiger charge is -2.33. The smallest absolute Gasteiger partial charge is 0.248 e. The number of methoxy groups -OCH3 is 1. The summed E-state index contributed by atoms with van der Waals surface area (Å²) in [7, 11) is 3.32. The van der Waals surface area contributed by atoms with Crippen molar-refractivity contribution in [2.24, 2.45) is 5.92 Å². The van der Waals surface area contributed by atoms with Gasteiger partial charge in [0.05, 0.1) is 17.1 Å². The van der Waals surface area contributed by atoms with Gasteiger partial charge in [-0.2, -0.15) is 0 Å². The lowest BCUT2D eigenvalue weighted by Crippen LogP contribution is -2.44. The number of likely N-dealkylation sites (tertiary alicyclic amines) is 1. The van der Waals surface area contributed by atoms with Crippen LogP contribution in [-0.2, 0) is 20.9 Å². The fraction of sp³-hybridized carbons (Fsp3) is 0.714. The second-order valence-electron chi connectivity index (χ2n) is 5.56. The lowest BCUT2D eigenvalue weighted by molar-refractivity contribution is -0.141. The van der Waals surface area contributed by atoms with Gasteiger partial charge >= 0.3 is 0 Å². The summed E-state index contributed by atoms with van der Waals surface area (Å²) in [6.45, 7) is 3.79. The van der Waals surface area contributed by atoms with E-state index in [2.05, 4.69) is 9.59 Å². The number of carbonyl (C=O) groups excluding carboxylic acids is 2. The van der Waals surface area contributed by atoms with Crippen molar-refractivity contribution in [2.45, 2.75) is 26.3 Å². The summed E-state index contributed by atoms with van der Waals surface area (Å²) in [5.74, 6) is 0.109. The van der Waals surface area contributed by atoms with Crippen LogP contribution < -0.4 is 0 Å². The molecule has 0 radical (unpaired) electrons. The molecule has 0 atom stereocenters. The summed E-state index contributed by atoms with van der Waals surface area (Å²) < 4.78 is 8.75. The molecule has 1 aromatic heterocycles. The fourth-order valence-corrected chi connectivity index (χ4v) is 3.28. The number of amides is 2. The summed E-state index contributed by atoms with van der Waals surface area (Å²) in [5, 5.41) is 3.96. The zero-order chi connectivity index (χ0) is 16.1. The molecule has 1 aliphatic rings. The summed E-state index contributed by atoms with van der Waals surface area (Å²) in [6, 6.07) is 0. The minimum absolute atomic E-state index is 0.00638. The molecule has 0 aliphatic carbocycles. The quantitative estimate of drug-likeness (QED) is 0.796. The second kappa shape index (κ2) is 7.64. The van der Waals surface area contributed by atoms with Gasteiger partial charge in [0.2, 0.25) is 11.8 Å². The van der Waals surface area contributed by atoms with Gasteiger partial charge in [-0.15, -0.1) is 5.10 Å². The van der Waals surface area contributed by atoms with E-state index in [1.54, 1.807) is 9.80 Å². The molecule has 122 valence electrons. The number of hydrogen-bond donors (Lipinski definition) is 0. The van der Waals surface area contributed by atoms with Crippen LogP contribution in [0.4, 0.5) is 0 Å². The van der Waals surface area contributed by atoms with Gasteiger partial charge < -0.3 is 14.5 Å². The van der Waals surface area contributed by atoms with Crippen LogP contribution in [0, 0.1) is 12.8 Å². The van der Waals surface area contributed by atoms with Crippen molar-refractivity contribution >= 4 is 23.3 Å². The largest absolute Gasteiger partial charge is 0.375 e. The average molecular weight is 326 g/mol. The van der Waals surface area contributed by atoms with Crippen molar-refractivity contribution in [1.29, 1.82) is 0 Å². The Morgan fingerprint density at radius 1 is 1.41 bits per heavy atom. The van der Waals surface area contributed by atoms with E-state index in [4.69, 9.17) is 4.74 Å². The maximum absolute atomic E-state index is 12.5. The van der Waals surface area contributed by atoms with Crippen LogP contribution in [0.25, 0.3) is 0 Å². The number of piperidine rings is 1. The van der Waals surface area contributed by atoms with E-state index < -0.39 is 0 Å². The van der Waals surface area contributed by atoms with Gasteiger partial charge in [0.15, 0.2) is 0 Å². The van der Waals surface area contributed by atoms with E-state index >= 15 is 0 Å². The molecule has 1 aromatic rings. The van der Waals surface area contributed by atoms with E-state index in [9.17, 15) is 9.59 Å². The Bertz CT molecular complexity index is 526. The average Bonchev–Trinajstić information content (AvgIpc) is 2.92. The highest BCUT2D eigenvalue weighted by Gasteiger charge is 2.29. The Hall–Kier alpha value is -1.54. The Labute approximate surface area is 134 Å². The standard InChI is InChI=1S/C14H22N4O3S/c1-10-12(22-16-15-10)8-17(2)14(20)11-4-6-18(7-5-11)13(19)9-21-3/h11H,4-9H2,1-3H3. The van der Waals surface area contributed by atoms with Crippen LogP contribution in [-0.4, -0.2) is 65.1 Å². The van der Waals surface area contributed by atoms with Crippen molar-refractivity contribution in [2.75, 3.05) is 33.9 Å². The minimum atomic E-state index is -0.0159. The predicted molar refractivity (Wildman–Crippen MR) is 82.3 cm³/mol. The molecule has 0 unspecified atom stereocenters. The van der Waals surface area contributed by atoms with Gasteiger partial charge in [-0.3, -0.25) is 9.59 Å². The summed E-state index contributed by atoms with van der Waals surface area (Å²) in [4.78, 5) is 28.8. The molecular weight excluding hydrogens is 304 g/mol. The molecular formula is C14H22N4O3S. The number of ether oxygens (including phenoxy) is 1. The molecule has 22 heavy (non-hydrogen) atoms. The molecule has 2 heterocycles. The molecule has 2 rings (SSSR count). The molecule has 1 aliphatic heterocycles. The number of carbonyl (C=O) groups is 2. The number of aryl methyl sites for hydroxylation is 1. The normalized spacial score (nSPS) is 15.9. The van der Waals surface area contributed by atoms with E-state index in [-0.39, 0.29) is 24.3 Å². The first-order valence-electron chi connectivity index (χ1n) is 7.32. The molecule has 7 nitrogen and oxygen atoms in total. The first-order valence-corrected chi connectivity index (χ1v) is 8.09. The molecule has 1 fully saturated rings. The molecule has 0 spiro atoms. The van der Waals surface area contributed by atoms with Gasteiger partial charge in [-0.05, 0) is 31.3 Å². The first-order chi connectivity index (χ1) is 10.5. The zero-order valence-electron chi connectivity index (χ0n) is 13.2. The number of hydrogen-bond acceptors (Lipinski definition) is 6. The van der Waals surface area contributed by atoms with Crippen LogP contribution in [0.15, 0.2) is 0 Å². The van der Waals surface area contributed by atoms with Crippen LogP contribution in [0.2, 0.25) is 0 Å². The van der Waals surface area contributed by atoms with Crippen LogP contribution in [0.5, 0.6) is 0 Å². The molecule has 0 saturated carbocycles. The third-order valence-corrected chi connectivity index (χ3v) is 4.78. The monoisotopic (exact) mass is 326 g/mol. The summed E-state index contributed by atoms with van der Waals surface area (Å²) in [6.07, 6.45) is 1.41. The number of nitrogens with zero attached hydrogens (tertiary/aromatic N) is 4. The van der Waals surface area contributed by atoms with Gasteiger partial charge in [-0.1, -0.05) is 4.49 Å². The Balaban J connectivity index is 1.84. The fourth-order valence-electron chi connectivity index (χ4n) is 2.59. The van der Waals surface area contributed by atoms with Gasteiger partial charge in [-0.25, -0.2) is 0 Å². The second-order valence-corrected chi connectivity index (χ2v) is 6.40. The van der Waals surface area contributed by atoms with Crippen molar-refractivity contribution in [3.63, 3.8) is 0 Å². The lowest BCUT2D eigenvalue weighted by atomic mass is 9.95. The zero-order valence-corrected chi connectivity index (χ0v) is 14.1. The third-order valence-electron chi connectivity index (χ3n) is 3.97. The van der Waals surface area contributed by atoms with Crippen LogP contribution in [0.3, 0.4) is 0 Å². The highest BCUT2D eigenvalue weighted by atomic mass is 32.1. The molecule has 2 amide bonds. The molecule has 1 saturated heterocycles. The van der Waals surface area contributed by atoms with Crippen molar-refractivity contribution in [1.82, 2.24) is 19.4 Å². The van der Waals surface area contributed by atoms with Crippen molar-refractivity contribution in [3.8, 4) is 0 Å². The highest BCUT2D eigenvalue weighted by Crippen LogP contribution is 2.21. The van der Waals surface area contributed by atoms with Crippen LogP contribution >= 0.6 is 11.5 Å². The predicted octanol–water partition coefficient (Wildman–Crippen LogP) is 0.690. The Kier molecular flexibility index (Phi) is 5.84. The summed E-state index contributed by atoms with van der Waals surface area (Å²) >= 11 is 1.33. The molecule has 8 heteroatoms. The SMILES string of the molecule is COCC(=O)N1CCC(C(=O)N(C)Cc2snnc2C)CC1. The van der Waals surface area contributed by atoms with Gasteiger partial charge in [0.25, 0.3) is 0 Å². The Morgan fingerprint density at radius 2 is 2.09 bits per heavy atom. The molecule has 0 aromatic carbocycles. The van der Waals surface area contributed by atoms with Gasteiger partial charge in [0, 0.05) is 33.2 Å². The van der Waals surface area contributed by atoms with E-state index in [0.29, 0.717) is 32.5 Å². The van der Waals surface area contributed by atoms with Crippen molar-refractivity contribution < 1.29 is 14.3 Å². The topological polar surface area (TPSA) is 75.6 Å². The van der Waals surface area contributed by atoms with E-state index in [1.807, 2.05) is 14.0 Å².